The van der Waals surface area contributed by atoms with Crippen molar-refractivity contribution in [2.45, 2.75) is 57.7 Å². The van der Waals surface area contributed by atoms with Gasteiger partial charge in [-0.05, 0) is 38.5 Å². The SMILES string of the molecule is CCSCC(C)NC1CCN2CCCCC12. The van der Waals surface area contributed by atoms with Crippen LogP contribution in [0.1, 0.15) is 39.5 Å². The molecule has 2 heterocycles. The summed E-state index contributed by atoms with van der Waals surface area (Å²) in [5.74, 6) is 2.51. The van der Waals surface area contributed by atoms with Crippen LogP contribution in [-0.2, 0) is 0 Å². The minimum absolute atomic E-state index is 0.678. The van der Waals surface area contributed by atoms with Crippen LogP contribution >= 0.6 is 11.8 Å². The third kappa shape index (κ3) is 3.14. The van der Waals surface area contributed by atoms with E-state index in [1.165, 1.54) is 50.3 Å². The molecule has 3 atom stereocenters. The van der Waals surface area contributed by atoms with Crippen molar-refractivity contribution in [2.24, 2.45) is 0 Å². The molecule has 94 valence electrons. The van der Waals surface area contributed by atoms with Gasteiger partial charge < -0.3 is 5.32 Å². The Balaban J connectivity index is 1.76. The molecule has 0 aromatic carbocycles. The van der Waals surface area contributed by atoms with Gasteiger partial charge in [-0.3, -0.25) is 4.90 Å². The van der Waals surface area contributed by atoms with E-state index in [-0.39, 0.29) is 0 Å². The lowest BCUT2D eigenvalue weighted by molar-refractivity contribution is 0.178. The van der Waals surface area contributed by atoms with Gasteiger partial charge in [-0.15, -0.1) is 0 Å². The maximum atomic E-state index is 3.85. The first kappa shape index (κ1) is 12.7. The molecule has 0 aliphatic carbocycles. The van der Waals surface area contributed by atoms with Crippen molar-refractivity contribution < 1.29 is 0 Å². The van der Waals surface area contributed by atoms with E-state index in [4.69, 9.17) is 0 Å². The first-order valence-corrected chi connectivity index (χ1v) is 8.04. The van der Waals surface area contributed by atoms with Crippen molar-refractivity contribution in [2.75, 3.05) is 24.6 Å². The van der Waals surface area contributed by atoms with Crippen molar-refractivity contribution in [3.05, 3.63) is 0 Å². The van der Waals surface area contributed by atoms with Crippen LogP contribution in [0.25, 0.3) is 0 Å². The maximum Gasteiger partial charge on any atom is 0.0249 e. The Hall–Kier alpha value is 0.270. The second-order valence-corrected chi connectivity index (χ2v) is 6.54. The van der Waals surface area contributed by atoms with Gasteiger partial charge in [0.1, 0.15) is 0 Å². The first-order valence-electron chi connectivity index (χ1n) is 6.89. The Labute approximate surface area is 105 Å². The van der Waals surface area contributed by atoms with Crippen LogP contribution in [-0.4, -0.2) is 47.6 Å². The van der Waals surface area contributed by atoms with E-state index in [1.807, 2.05) is 0 Å². The number of hydrogen-bond acceptors (Lipinski definition) is 3. The summed E-state index contributed by atoms with van der Waals surface area (Å²) in [5, 5.41) is 3.85. The van der Waals surface area contributed by atoms with Gasteiger partial charge in [0.2, 0.25) is 0 Å². The summed E-state index contributed by atoms with van der Waals surface area (Å²) in [7, 11) is 0. The molecule has 2 rings (SSSR count). The fourth-order valence-electron chi connectivity index (χ4n) is 3.15. The van der Waals surface area contributed by atoms with Crippen LogP contribution in [0.5, 0.6) is 0 Å². The summed E-state index contributed by atoms with van der Waals surface area (Å²) in [5.41, 5.74) is 0. The van der Waals surface area contributed by atoms with Gasteiger partial charge in [0.25, 0.3) is 0 Å². The van der Waals surface area contributed by atoms with Gasteiger partial charge in [0.05, 0.1) is 0 Å². The second kappa shape index (κ2) is 6.27. The average molecular weight is 242 g/mol. The minimum Gasteiger partial charge on any atom is -0.309 e. The standard InChI is InChI=1S/C13H26N2S/c1-3-16-10-11(2)14-12-7-9-15-8-5-4-6-13(12)15/h11-14H,3-10H2,1-2H3. The van der Waals surface area contributed by atoms with E-state index >= 15 is 0 Å². The molecule has 0 aromatic heterocycles. The Morgan fingerprint density at radius 3 is 3.00 bits per heavy atom. The van der Waals surface area contributed by atoms with Crippen LogP contribution in [0.3, 0.4) is 0 Å². The molecular formula is C13H26N2S. The molecule has 3 heteroatoms. The highest BCUT2D eigenvalue weighted by Gasteiger charge is 2.35. The molecule has 0 saturated carbocycles. The third-order valence-corrected chi connectivity index (χ3v) is 5.07. The van der Waals surface area contributed by atoms with Crippen molar-refractivity contribution in [3.8, 4) is 0 Å². The molecule has 16 heavy (non-hydrogen) atoms. The molecule has 2 fully saturated rings. The summed E-state index contributed by atoms with van der Waals surface area (Å²) in [4.78, 5) is 2.71. The maximum absolute atomic E-state index is 3.85. The molecule has 0 aromatic rings. The van der Waals surface area contributed by atoms with E-state index in [9.17, 15) is 0 Å². The van der Waals surface area contributed by atoms with Crippen LogP contribution < -0.4 is 5.32 Å². The largest absolute Gasteiger partial charge is 0.309 e. The summed E-state index contributed by atoms with van der Waals surface area (Å²) in [6.45, 7) is 7.26. The lowest BCUT2D eigenvalue weighted by Crippen LogP contribution is -2.48. The molecule has 2 aliphatic heterocycles. The third-order valence-electron chi connectivity index (χ3n) is 3.93. The van der Waals surface area contributed by atoms with Crippen molar-refractivity contribution >= 4 is 11.8 Å². The fraction of sp³-hybridized carbons (Fsp3) is 1.00. The number of hydrogen-bond donors (Lipinski definition) is 1. The first-order chi connectivity index (χ1) is 7.81. The molecule has 0 bridgehead atoms. The Morgan fingerprint density at radius 2 is 2.19 bits per heavy atom. The zero-order chi connectivity index (χ0) is 11.4. The lowest BCUT2D eigenvalue weighted by Gasteiger charge is -2.33. The number of nitrogens with one attached hydrogen (secondary N) is 1. The van der Waals surface area contributed by atoms with Gasteiger partial charge in [-0.1, -0.05) is 13.3 Å². The highest BCUT2D eigenvalue weighted by atomic mass is 32.2. The summed E-state index contributed by atoms with van der Waals surface area (Å²) in [6.07, 6.45) is 5.65. The van der Waals surface area contributed by atoms with Gasteiger partial charge in [0.15, 0.2) is 0 Å². The summed E-state index contributed by atoms with van der Waals surface area (Å²) in [6, 6.07) is 2.30. The minimum atomic E-state index is 0.678. The highest BCUT2D eigenvalue weighted by Crippen LogP contribution is 2.27. The number of rotatable bonds is 5. The van der Waals surface area contributed by atoms with Crippen molar-refractivity contribution in [1.82, 2.24) is 10.2 Å². The van der Waals surface area contributed by atoms with Gasteiger partial charge in [0, 0.05) is 30.4 Å². The predicted octanol–water partition coefficient (Wildman–Crippen LogP) is 2.34. The lowest BCUT2D eigenvalue weighted by atomic mass is 9.98. The van der Waals surface area contributed by atoms with E-state index in [1.54, 1.807) is 0 Å². The molecule has 0 amide bonds. The number of fused-ring (bicyclic) bond motifs is 1. The molecule has 2 nitrogen and oxygen atoms in total. The number of nitrogens with zero attached hydrogens (tertiary/aromatic N) is 1. The predicted molar refractivity (Wildman–Crippen MR) is 73.2 cm³/mol. The Kier molecular flexibility index (Phi) is 4.98. The number of piperidine rings is 1. The molecule has 3 unspecified atom stereocenters. The van der Waals surface area contributed by atoms with E-state index < -0.39 is 0 Å². The van der Waals surface area contributed by atoms with Gasteiger partial charge in [-0.25, -0.2) is 0 Å². The van der Waals surface area contributed by atoms with Crippen molar-refractivity contribution in [1.29, 1.82) is 0 Å². The molecule has 2 saturated heterocycles. The Bertz CT molecular complexity index is 210. The zero-order valence-corrected chi connectivity index (χ0v) is 11.6. The topological polar surface area (TPSA) is 15.3 Å². The van der Waals surface area contributed by atoms with E-state index in [0.29, 0.717) is 6.04 Å². The van der Waals surface area contributed by atoms with E-state index in [0.717, 1.165) is 12.1 Å². The van der Waals surface area contributed by atoms with Crippen LogP contribution in [0.15, 0.2) is 0 Å². The van der Waals surface area contributed by atoms with Crippen LogP contribution in [0.2, 0.25) is 0 Å². The molecule has 0 spiro atoms. The second-order valence-electron chi connectivity index (χ2n) is 5.22. The van der Waals surface area contributed by atoms with E-state index in [2.05, 4.69) is 35.8 Å². The highest BCUT2D eigenvalue weighted by molar-refractivity contribution is 7.99. The van der Waals surface area contributed by atoms with Crippen molar-refractivity contribution in [3.63, 3.8) is 0 Å². The summed E-state index contributed by atoms with van der Waals surface area (Å²) < 4.78 is 0. The Morgan fingerprint density at radius 1 is 1.31 bits per heavy atom. The van der Waals surface area contributed by atoms with Gasteiger partial charge >= 0.3 is 0 Å². The number of thioether (sulfide) groups is 1. The normalized spacial score (nSPS) is 32.6. The monoisotopic (exact) mass is 242 g/mol. The molecule has 0 radical (unpaired) electrons. The molecule has 2 aliphatic rings. The fourth-order valence-corrected chi connectivity index (χ4v) is 3.84. The zero-order valence-electron chi connectivity index (χ0n) is 10.7. The average Bonchev–Trinajstić information content (AvgIpc) is 2.70. The van der Waals surface area contributed by atoms with Crippen LogP contribution in [0, 0.1) is 0 Å². The molecular weight excluding hydrogens is 216 g/mol. The van der Waals surface area contributed by atoms with Gasteiger partial charge in [-0.2, -0.15) is 11.8 Å². The van der Waals surface area contributed by atoms with Crippen LogP contribution in [0.4, 0.5) is 0 Å². The summed E-state index contributed by atoms with van der Waals surface area (Å²) >= 11 is 2.05. The quantitative estimate of drug-likeness (QED) is 0.797. The molecule has 1 N–H and O–H groups in total. The smallest absolute Gasteiger partial charge is 0.0249 e.